The van der Waals surface area contributed by atoms with E-state index in [-0.39, 0.29) is 33.5 Å². The molecule has 0 saturated heterocycles. The first-order valence-corrected chi connectivity index (χ1v) is 7.36. The number of carbonyl (C=O) groups excluding carboxylic acids is 1. The third kappa shape index (κ3) is 1.88. The number of aromatic nitrogens is 2. The van der Waals surface area contributed by atoms with Gasteiger partial charge in [-0.25, -0.2) is 4.98 Å². The highest BCUT2D eigenvalue weighted by Gasteiger charge is 2.27. The highest BCUT2D eigenvalue weighted by molar-refractivity contribution is 5.99. The molecule has 1 atom stereocenters. The lowest BCUT2D eigenvalue weighted by Crippen LogP contribution is -2.28. The Bertz CT molecular complexity index is 1070. The van der Waals surface area contributed by atoms with Crippen LogP contribution in [0.3, 0.4) is 0 Å². The molecule has 1 aromatic heterocycles. The lowest BCUT2D eigenvalue weighted by Gasteiger charge is -2.15. The Hall–Kier alpha value is -3.35. The molecule has 24 heavy (non-hydrogen) atoms. The fourth-order valence-electron chi connectivity index (χ4n) is 2.97. The monoisotopic (exact) mass is 323 g/mol. The van der Waals surface area contributed by atoms with Crippen LogP contribution in [0.15, 0.2) is 41.2 Å². The van der Waals surface area contributed by atoms with Crippen molar-refractivity contribution in [1.82, 2.24) is 14.9 Å². The van der Waals surface area contributed by atoms with E-state index in [4.69, 9.17) is 0 Å². The minimum absolute atomic E-state index is 0.0700. The first kappa shape index (κ1) is 14.3. The van der Waals surface area contributed by atoms with Gasteiger partial charge in [0.2, 0.25) is 0 Å². The van der Waals surface area contributed by atoms with Crippen molar-refractivity contribution >= 4 is 16.8 Å². The lowest BCUT2D eigenvalue weighted by molar-refractivity contribution is 0.0941. The van der Waals surface area contributed by atoms with Gasteiger partial charge < -0.3 is 15.5 Å². The predicted molar refractivity (Wildman–Crippen MR) is 86.6 cm³/mol. The largest absolute Gasteiger partial charge is 0.508 e. The van der Waals surface area contributed by atoms with Crippen molar-refractivity contribution in [3.63, 3.8) is 0 Å². The van der Waals surface area contributed by atoms with Crippen molar-refractivity contribution in [2.45, 2.75) is 13.0 Å². The number of carbonyl (C=O) groups is 1. The van der Waals surface area contributed by atoms with Crippen molar-refractivity contribution < 1.29 is 15.0 Å². The van der Waals surface area contributed by atoms with Gasteiger partial charge in [-0.2, -0.15) is 0 Å². The molecule has 1 amide bonds. The predicted octanol–water partition coefficient (Wildman–Crippen LogP) is 1.60. The number of phenols is 2. The summed E-state index contributed by atoms with van der Waals surface area (Å²) >= 11 is 0. The Morgan fingerprint density at radius 3 is 2.75 bits per heavy atom. The number of hydrogen-bond donors (Lipinski definition) is 3. The zero-order valence-electron chi connectivity index (χ0n) is 12.6. The van der Waals surface area contributed by atoms with Crippen molar-refractivity contribution in [3.05, 3.63) is 58.1 Å². The fourth-order valence-corrected chi connectivity index (χ4v) is 2.97. The molecule has 0 aliphatic carbocycles. The third-order valence-electron chi connectivity index (χ3n) is 4.10. The summed E-state index contributed by atoms with van der Waals surface area (Å²) < 4.78 is 1.35. The highest BCUT2D eigenvalue weighted by Crippen LogP contribution is 2.28. The quantitative estimate of drug-likeness (QED) is 0.583. The van der Waals surface area contributed by atoms with Crippen LogP contribution >= 0.6 is 0 Å². The summed E-state index contributed by atoms with van der Waals surface area (Å²) in [6.07, 6.45) is 0. The van der Waals surface area contributed by atoms with Crippen LogP contribution in [0.5, 0.6) is 11.5 Å². The first-order valence-electron chi connectivity index (χ1n) is 7.36. The van der Waals surface area contributed by atoms with Crippen molar-refractivity contribution in [3.8, 4) is 17.2 Å². The minimum Gasteiger partial charge on any atom is -0.508 e. The number of amides is 1. The second-order valence-electron chi connectivity index (χ2n) is 5.68. The maximum Gasteiger partial charge on any atom is 0.266 e. The average Bonchev–Trinajstić information content (AvgIpc) is 2.65. The Labute approximate surface area is 135 Å². The Morgan fingerprint density at radius 2 is 1.96 bits per heavy atom. The van der Waals surface area contributed by atoms with Crippen LogP contribution in [0.25, 0.3) is 16.6 Å². The van der Waals surface area contributed by atoms with Gasteiger partial charge in [-0.1, -0.05) is 6.07 Å². The second-order valence-corrected chi connectivity index (χ2v) is 5.68. The number of nitrogens with zero attached hydrogens (tertiary/aromatic N) is 2. The van der Waals surface area contributed by atoms with E-state index >= 15 is 0 Å². The molecule has 1 aliphatic rings. The van der Waals surface area contributed by atoms with Gasteiger partial charge in [0.25, 0.3) is 11.5 Å². The normalized spacial score (nSPS) is 16.2. The number of benzene rings is 2. The molecule has 1 aliphatic heterocycles. The van der Waals surface area contributed by atoms with Gasteiger partial charge >= 0.3 is 0 Å². The molecule has 2 heterocycles. The summed E-state index contributed by atoms with van der Waals surface area (Å²) in [6, 6.07) is 8.26. The van der Waals surface area contributed by atoms with E-state index in [1.54, 1.807) is 19.1 Å². The van der Waals surface area contributed by atoms with Crippen LogP contribution in [0, 0.1) is 0 Å². The SMILES string of the molecule is CC1NC(=O)c2cc(O)ccc2-n2c1nc1c(O)cccc1c2=O. The maximum absolute atomic E-state index is 13.0. The van der Waals surface area contributed by atoms with E-state index in [2.05, 4.69) is 10.3 Å². The van der Waals surface area contributed by atoms with E-state index in [1.165, 1.54) is 28.8 Å². The zero-order valence-corrected chi connectivity index (χ0v) is 12.6. The molecule has 2 aromatic carbocycles. The summed E-state index contributed by atoms with van der Waals surface area (Å²) in [5.41, 5.74) is 0.328. The maximum atomic E-state index is 13.0. The van der Waals surface area contributed by atoms with Crippen molar-refractivity contribution in [2.24, 2.45) is 0 Å². The molecule has 4 rings (SSSR count). The number of para-hydroxylation sites is 1. The van der Waals surface area contributed by atoms with Crippen molar-refractivity contribution in [1.29, 1.82) is 0 Å². The van der Waals surface area contributed by atoms with E-state index in [0.29, 0.717) is 11.5 Å². The molecule has 0 fully saturated rings. The lowest BCUT2D eigenvalue weighted by atomic mass is 10.1. The molecule has 3 aromatic rings. The molecule has 0 spiro atoms. The van der Waals surface area contributed by atoms with Gasteiger partial charge in [-0.15, -0.1) is 0 Å². The van der Waals surface area contributed by atoms with E-state index < -0.39 is 11.9 Å². The molecule has 3 N–H and O–H groups in total. The molecule has 0 radical (unpaired) electrons. The number of rotatable bonds is 0. The fraction of sp³-hybridized carbons (Fsp3) is 0.118. The van der Waals surface area contributed by atoms with Crippen LogP contribution in [0.4, 0.5) is 0 Å². The van der Waals surface area contributed by atoms with Crippen LogP contribution in [-0.2, 0) is 0 Å². The Balaban J connectivity index is 2.19. The van der Waals surface area contributed by atoms with Gasteiger partial charge in [-0.05, 0) is 37.3 Å². The number of nitrogens with one attached hydrogen (secondary N) is 1. The summed E-state index contributed by atoms with van der Waals surface area (Å²) in [6.45, 7) is 1.70. The summed E-state index contributed by atoms with van der Waals surface area (Å²) in [7, 11) is 0. The van der Waals surface area contributed by atoms with Gasteiger partial charge in [0.05, 0.1) is 22.7 Å². The molecular formula is C17H13N3O4. The van der Waals surface area contributed by atoms with Gasteiger partial charge in [0.1, 0.15) is 22.8 Å². The summed E-state index contributed by atoms with van der Waals surface area (Å²) in [5.74, 6) is -0.264. The van der Waals surface area contributed by atoms with Crippen LogP contribution in [0.2, 0.25) is 0 Å². The number of aromatic hydroxyl groups is 2. The smallest absolute Gasteiger partial charge is 0.266 e. The van der Waals surface area contributed by atoms with Crippen LogP contribution in [-0.4, -0.2) is 25.7 Å². The highest BCUT2D eigenvalue weighted by atomic mass is 16.3. The summed E-state index contributed by atoms with van der Waals surface area (Å²) in [5, 5.41) is 22.7. The average molecular weight is 323 g/mol. The molecule has 120 valence electrons. The van der Waals surface area contributed by atoms with Gasteiger partial charge in [0, 0.05) is 0 Å². The van der Waals surface area contributed by atoms with E-state index in [1.807, 2.05) is 0 Å². The topological polar surface area (TPSA) is 104 Å². The second kappa shape index (κ2) is 4.82. The molecule has 0 saturated carbocycles. The van der Waals surface area contributed by atoms with Crippen molar-refractivity contribution in [2.75, 3.05) is 0 Å². The number of fused-ring (bicyclic) bond motifs is 4. The number of phenolic OH excluding ortho intramolecular Hbond substituents is 2. The molecule has 7 nitrogen and oxygen atoms in total. The van der Waals surface area contributed by atoms with Gasteiger partial charge in [-0.3, -0.25) is 14.2 Å². The Kier molecular flexibility index (Phi) is 2.86. The van der Waals surface area contributed by atoms with E-state index in [0.717, 1.165) is 0 Å². The molecule has 7 heteroatoms. The molecule has 1 unspecified atom stereocenters. The molecule has 0 bridgehead atoms. The first-order chi connectivity index (χ1) is 11.5. The Morgan fingerprint density at radius 1 is 1.17 bits per heavy atom. The van der Waals surface area contributed by atoms with Gasteiger partial charge in [0.15, 0.2) is 0 Å². The van der Waals surface area contributed by atoms with E-state index in [9.17, 15) is 19.8 Å². The third-order valence-corrected chi connectivity index (χ3v) is 4.10. The summed E-state index contributed by atoms with van der Waals surface area (Å²) in [4.78, 5) is 29.8. The minimum atomic E-state index is -0.552. The van der Waals surface area contributed by atoms with Crippen LogP contribution < -0.4 is 10.9 Å². The molecular weight excluding hydrogens is 310 g/mol. The van der Waals surface area contributed by atoms with Crippen LogP contribution in [0.1, 0.15) is 29.1 Å². The number of hydrogen-bond acceptors (Lipinski definition) is 5. The standard InChI is InChI=1S/C17H13N3O4/c1-8-15-19-14-10(3-2-4-13(14)22)17(24)20(15)12-6-5-9(21)7-11(12)16(23)18-8/h2-8,21-22H,1H3,(H,18,23). The zero-order chi connectivity index (χ0) is 17.0.